The number of ether oxygens (including phenoxy) is 2. The van der Waals surface area contributed by atoms with E-state index in [9.17, 15) is 17.6 Å². The molecule has 0 saturated carbocycles. The average Bonchev–Trinajstić information content (AvgIpc) is 2.95. The van der Waals surface area contributed by atoms with Gasteiger partial charge in [0.1, 0.15) is 18.2 Å². The Morgan fingerprint density at radius 2 is 1.57 bits per heavy atom. The fourth-order valence-electron chi connectivity index (χ4n) is 4.67. The first-order valence-electron chi connectivity index (χ1n) is 12.9. The van der Waals surface area contributed by atoms with Gasteiger partial charge in [-0.15, -0.1) is 0 Å². The Bertz CT molecular complexity index is 1370. The molecular weight excluding hydrogens is 530 g/mol. The van der Waals surface area contributed by atoms with Crippen molar-refractivity contribution in [3.05, 3.63) is 119 Å². The maximum Gasteiger partial charge on any atom is 0.191 e. The predicted molar refractivity (Wildman–Crippen MR) is 143 cm³/mol. The third-order valence-electron chi connectivity index (χ3n) is 6.68. The molecule has 0 N–H and O–H groups in total. The molecule has 2 nitrogen and oxygen atoms in total. The lowest BCUT2D eigenvalue weighted by Gasteiger charge is -2.30. The quantitative estimate of drug-likeness (QED) is 0.148. The average molecular weight is 559 g/mol. The highest BCUT2D eigenvalue weighted by Crippen LogP contribution is 2.40. The van der Waals surface area contributed by atoms with Gasteiger partial charge in [-0.2, -0.15) is 0 Å². The molecule has 40 heavy (non-hydrogen) atoms. The van der Waals surface area contributed by atoms with Gasteiger partial charge in [0.15, 0.2) is 29.0 Å². The summed E-state index contributed by atoms with van der Waals surface area (Å²) < 4.78 is 98.0. The molecule has 3 aromatic carbocycles. The molecule has 1 aliphatic heterocycles. The second kappa shape index (κ2) is 13.0. The molecule has 0 radical (unpaired) electrons. The molecule has 1 fully saturated rings. The molecule has 2 unspecified atom stereocenters. The van der Waals surface area contributed by atoms with Crippen LogP contribution in [0.2, 0.25) is 0 Å². The zero-order valence-electron chi connectivity index (χ0n) is 21.8. The number of benzene rings is 3. The molecule has 0 aromatic heterocycles. The Hall–Kier alpha value is -3.78. The highest BCUT2D eigenvalue weighted by Gasteiger charge is 2.30. The minimum Gasteiger partial charge on any atom is -0.483 e. The van der Waals surface area contributed by atoms with Crippen LogP contribution in [-0.4, -0.2) is 13.2 Å². The van der Waals surface area contributed by atoms with Crippen molar-refractivity contribution in [3.8, 4) is 16.9 Å². The van der Waals surface area contributed by atoms with Crippen molar-refractivity contribution in [2.45, 2.75) is 38.2 Å². The second-order valence-corrected chi connectivity index (χ2v) is 9.41. The number of allylic oxidation sites excluding steroid dienone is 3. The summed E-state index contributed by atoms with van der Waals surface area (Å²) in [7, 11) is 0. The van der Waals surface area contributed by atoms with Gasteiger partial charge in [0.25, 0.3) is 0 Å². The van der Waals surface area contributed by atoms with Gasteiger partial charge in [0, 0.05) is 17.0 Å². The molecule has 8 heteroatoms. The minimum atomic E-state index is -1.03. The molecular formula is C32H28F6O2. The van der Waals surface area contributed by atoms with Crippen LogP contribution in [0, 0.1) is 23.3 Å². The largest absolute Gasteiger partial charge is 0.483 e. The number of halogens is 6. The second-order valence-electron chi connectivity index (χ2n) is 9.41. The summed E-state index contributed by atoms with van der Waals surface area (Å²) >= 11 is 0. The highest BCUT2D eigenvalue weighted by molar-refractivity contribution is 5.69. The topological polar surface area (TPSA) is 18.5 Å². The molecule has 210 valence electrons. The molecule has 1 heterocycles. The fraction of sp³-hybridized carbons (Fsp3) is 0.250. The molecule has 0 bridgehead atoms. The summed E-state index contributed by atoms with van der Waals surface area (Å²) in [4.78, 5) is 0. The van der Waals surface area contributed by atoms with Gasteiger partial charge in [0.05, 0.1) is 12.7 Å². The third kappa shape index (κ3) is 6.50. The SMILES string of the molecule is C=CCOc1c(F)cc(C2CCC(c3c(F)cc(-c4ccc(/C(F)=C(F)/C=C/CC)cc4)cc3F)CO2)cc1F. The lowest BCUT2D eigenvalue weighted by Crippen LogP contribution is -2.21. The Morgan fingerprint density at radius 3 is 2.12 bits per heavy atom. The van der Waals surface area contributed by atoms with Crippen LogP contribution < -0.4 is 4.74 Å². The molecule has 2 atom stereocenters. The Kier molecular flexibility index (Phi) is 9.53. The van der Waals surface area contributed by atoms with E-state index in [0.29, 0.717) is 24.8 Å². The van der Waals surface area contributed by atoms with Gasteiger partial charge in [0.2, 0.25) is 0 Å². The Balaban J connectivity index is 1.47. The first-order chi connectivity index (χ1) is 19.2. The molecule has 4 rings (SSSR count). The van der Waals surface area contributed by atoms with E-state index in [1.54, 1.807) is 6.92 Å². The summed E-state index contributed by atoms with van der Waals surface area (Å²) in [5.74, 6) is -6.42. The summed E-state index contributed by atoms with van der Waals surface area (Å²) in [6.07, 6.45) is 4.45. The van der Waals surface area contributed by atoms with Crippen LogP contribution in [0.4, 0.5) is 26.3 Å². The monoisotopic (exact) mass is 558 g/mol. The maximum absolute atomic E-state index is 15.1. The van der Waals surface area contributed by atoms with Crippen molar-refractivity contribution in [1.29, 1.82) is 0 Å². The maximum atomic E-state index is 15.1. The zero-order valence-corrected chi connectivity index (χ0v) is 21.8. The van der Waals surface area contributed by atoms with Gasteiger partial charge in [-0.05, 0) is 66.3 Å². The van der Waals surface area contributed by atoms with Crippen molar-refractivity contribution in [1.82, 2.24) is 0 Å². The van der Waals surface area contributed by atoms with E-state index >= 15 is 8.78 Å². The fourth-order valence-corrected chi connectivity index (χ4v) is 4.67. The number of hydrogen-bond acceptors (Lipinski definition) is 2. The van der Waals surface area contributed by atoms with E-state index in [-0.39, 0.29) is 35.5 Å². The third-order valence-corrected chi connectivity index (χ3v) is 6.68. The van der Waals surface area contributed by atoms with Crippen LogP contribution in [-0.2, 0) is 4.74 Å². The summed E-state index contributed by atoms with van der Waals surface area (Å²) in [5.41, 5.74) is 0.803. The summed E-state index contributed by atoms with van der Waals surface area (Å²) in [5, 5.41) is 0. The summed E-state index contributed by atoms with van der Waals surface area (Å²) in [6, 6.07) is 10.2. The van der Waals surface area contributed by atoms with Crippen LogP contribution in [0.3, 0.4) is 0 Å². The minimum absolute atomic E-state index is 0.00664. The first-order valence-corrected chi connectivity index (χ1v) is 12.9. The van der Waals surface area contributed by atoms with Crippen LogP contribution in [0.1, 0.15) is 54.9 Å². The number of hydrogen-bond donors (Lipinski definition) is 0. The van der Waals surface area contributed by atoms with Gasteiger partial charge in [-0.3, -0.25) is 0 Å². The Labute approximate surface area is 229 Å². The van der Waals surface area contributed by atoms with E-state index in [4.69, 9.17) is 9.47 Å². The van der Waals surface area contributed by atoms with Crippen molar-refractivity contribution in [2.75, 3.05) is 13.2 Å². The van der Waals surface area contributed by atoms with Crippen molar-refractivity contribution in [3.63, 3.8) is 0 Å². The van der Waals surface area contributed by atoms with E-state index < -0.39 is 52.7 Å². The smallest absolute Gasteiger partial charge is 0.191 e. The van der Waals surface area contributed by atoms with Gasteiger partial charge < -0.3 is 9.47 Å². The highest BCUT2D eigenvalue weighted by atomic mass is 19.2. The van der Waals surface area contributed by atoms with Crippen LogP contribution in [0.5, 0.6) is 5.75 Å². The number of rotatable bonds is 9. The van der Waals surface area contributed by atoms with Crippen molar-refractivity contribution < 1.29 is 35.8 Å². The Morgan fingerprint density at radius 1 is 0.925 bits per heavy atom. The van der Waals surface area contributed by atoms with Crippen molar-refractivity contribution >= 4 is 5.83 Å². The molecule has 0 aliphatic carbocycles. The van der Waals surface area contributed by atoms with Crippen LogP contribution in [0.15, 0.2) is 79.2 Å². The standard InChI is InChI=1S/C32H28F6O2/c1-3-5-6-24(33)31(38)20-9-7-19(8-10-20)22-14-25(34)30(26(35)15-22)21-11-12-29(40-18-21)23-16-27(36)32(28(37)17-23)39-13-4-2/h4-10,14-17,21,29H,2-3,11-13,18H2,1H3/b6-5+,31-24+. The van der Waals surface area contributed by atoms with Crippen LogP contribution >= 0.6 is 0 Å². The van der Waals surface area contributed by atoms with E-state index in [2.05, 4.69) is 6.58 Å². The van der Waals surface area contributed by atoms with E-state index in [1.807, 2.05) is 0 Å². The molecule has 0 spiro atoms. The normalized spacial score (nSPS) is 18.1. The molecule has 1 saturated heterocycles. The lowest BCUT2D eigenvalue weighted by atomic mass is 9.87. The van der Waals surface area contributed by atoms with E-state index in [0.717, 1.165) is 18.2 Å². The molecule has 1 aliphatic rings. The lowest BCUT2D eigenvalue weighted by molar-refractivity contribution is 0.000669. The first kappa shape index (κ1) is 29.2. The molecule has 3 aromatic rings. The van der Waals surface area contributed by atoms with Crippen molar-refractivity contribution in [2.24, 2.45) is 0 Å². The van der Waals surface area contributed by atoms with Gasteiger partial charge in [-0.25, -0.2) is 26.3 Å². The zero-order chi connectivity index (χ0) is 28.8. The van der Waals surface area contributed by atoms with E-state index in [1.165, 1.54) is 48.6 Å². The molecule has 0 amide bonds. The summed E-state index contributed by atoms with van der Waals surface area (Å²) in [6.45, 7) is 5.14. The van der Waals surface area contributed by atoms with Gasteiger partial charge >= 0.3 is 0 Å². The van der Waals surface area contributed by atoms with Crippen LogP contribution in [0.25, 0.3) is 17.0 Å². The predicted octanol–water partition coefficient (Wildman–Crippen LogP) is 9.68. The van der Waals surface area contributed by atoms with Gasteiger partial charge in [-0.1, -0.05) is 49.9 Å².